The molecule has 39 heavy (non-hydrogen) atoms. The molecule has 0 saturated carbocycles. The van der Waals surface area contributed by atoms with Crippen LogP contribution >= 0.6 is 0 Å². The minimum atomic E-state index is -3.97. The highest BCUT2D eigenvalue weighted by molar-refractivity contribution is 7.89. The van der Waals surface area contributed by atoms with Crippen molar-refractivity contribution in [2.75, 3.05) is 0 Å². The van der Waals surface area contributed by atoms with Crippen molar-refractivity contribution in [3.05, 3.63) is 114 Å². The highest BCUT2D eigenvalue weighted by Crippen LogP contribution is 2.25. The van der Waals surface area contributed by atoms with E-state index in [-0.39, 0.29) is 4.90 Å². The van der Waals surface area contributed by atoms with Gasteiger partial charge in [-0.3, -0.25) is 4.79 Å². The van der Waals surface area contributed by atoms with Crippen LogP contribution in [0.1, 0.15) is 25.0 Å². The van der Waals surface area contributed by atoms with Gasteiger partial charge in [-0.2, -0.15) is 4.72 Å². The molecule has 2 N–H and O–H groups in total. The van der Waals surface area contributed by atoms with Gasteiger partial charge in [-0.1, -0.05) is 80.6 Å². The van der Waals surface area contributed by atoms with Crippen LogP contribution in [0.5, 0.6) is 11.5 Å². The van der Waals surface area contributed by atoms with E-state index in [1.165, 1.54) is 12.1 Å². The number of ether oxygens (including phenoxy) is 2. The SMILES string of the molecule is CC(C)[C@@H](NS(=O)(=O)c1ccc(-c2ccc(OCc3ccc(OCc4ccccc4)cc3)cc2)cc1)C(=O)O. The summed E-state index contributed by atoms with van der Waals surface area (Å²) >= 11 is 0. The lowest BCUT2D eigenvalue weighted by Gasteiger charge is -2.18. The first kappa shape index (κ1) is 27.9. The molecule has 1 atom stereocenters. The highest BCUT2D eigenvalue weighted by Gasteiger charge is 2.27. The zero-order valence-electron chi connectivity index (χ0n) is 21.8. The number of nitrogens with one attached hydrogen (secondary N) is 1. The van der Waals surface area contributed by atoms with E-state index in [0.29, 0.717) is 19.0 Å². The Kier molecular flexibility index (Phi) is 9.01. The first-order chi connectivity index (χ1) is 18.7. The van der Waals surface area contributed by atoms with E-state index in [1.54, 1.807) is 26.0 Å². The molecule has 0 radical (unpaired) electrons. The fraction of sp³-hybridized carbons (Fsp3) is 0.194. The Morgan fingerprint density at radius 1 is 0.718 bits per heavy atom. The summed E-state index contributed by atoms with van der Waals surface area (Å²) in [5.41, 5.74) is 3.84. The molecule has 0 saturated heterocycles. The molecule has 0 aliphatic heterocycles. The summed E-state index contributed by atoms with van der Waals surface area (Å²) in [6, 6.07) is 30.4. The fourth-order valence-electron chi connectivity index (χ4n) is 3.87. The first-order valence-electron chi connectivity index (χ1n) is 12.6. The second-order valence-electron chi connectivity index (χ2n) is 9.44. The third kappa shape index (κ3) is 7.69. The molecule has 0 aliphatic carbocycles. The molecule has 0 unspecified atom stereocenters. The lowest BCUT2D eigenvalue weighted by molar-refractivity contribution is -0.140. The number of benzene rings is 4. The number of carboxylic acids is 1. The molecule has 4 aromatic carbocycles. The Hall–Kier alpha value is -4.14. The molecule has 0 heterocycles. The molecule has 0 bridgehead atoms. The van der Waals surface area contributed by atoms with Gasteiger partial charge >= 0.3 is 5.97 Å². The Bertz CT molecular complexity index is 1470. The van der Waals surface area contributed by atoms with Crippen molar-refractivity contribution in [1.82, 2.24) is 4.72 Å². The van der Waals surface area contributed by atoms with Gasteiger partial charge in [0.25, 0.3) is 0 Å². The number of carboxylic acid groups (broad SMARTS) is 1. The van der Waals surface area contributed by atoms with Crippen LogP contribution in [0, 0.1) is 5.92 Å². The van der Waals surface area contributed by atoms with Crippen LogP contribution in [0.2, 0.25) is 0 Å². The summed E-state index contributed by atoms with van der Waals surface area (Å²) in [5.74, 6) is -0.101. The van der Waals surface area contributed by atoms with Gasteiger partial charge in [0.1, 0.15) is 30.8 Å². The number of hydrogen-bond donors (Lipinski definition) is 2. The van der Waals surface area contributed by atoms with Crippen LogP contribution in [0.3, 0.4) is 0 Å². The number of rotatable bonds is 12. The van der Waals surface area contributed by atoms with Gasteiger partial charge in [-0.25, -0.2) is 8.42 Å². The Labute approximate surface area is 229 Å². The zero-order chi connectivity index (χ0) is 27.8. The summed E-state index contributed by atoms with van der Waals surface area (Å²) in [5, 5.41) is 9.30. The lowest BCUT2D eigenvalue weighted by atomic mass is 10.1. The van der Waals surface area contributed by atoms with Gasteiger partial charge in [-0.15, -0.1) is 0 Å². The number of hydrogen-bond acceptors (Lipinski definition) is 5. The maximum atomic E-state index is 12.6. The van der Waals surface area contributed by atoms with E-state index in [4.69, 9.17) is 9.47 Å². The molecule has 4 rings (SSSR count). The van der Waals surface area contributed by atoms with Crippen LogP contribution in [0.15, 0.2) is 108 Å². The number of aliphatic carboxylic acids is 1. The summed E-state index contributed by atoms with van der Waals surface area (Å²) in [4.78, 5) is 11.4. The standard InChI is InChI=1S/C31H31NO6S/c1-22(2)30(31(33)34)32-39(35,36)29-18-12-26(13-19-29)25-10-16-28(17-11-25)38-21-24-8-14-27(15-9-24)37-20-23-6-4-3-5-7-23/h3-19,22,30,32H,20-21H2,1-2H3,(H,33,34)/t30-/m1/s1. The van der Waals surface area contributed by atoms with Crippen molar-refractivity contribution in [2.24, 2.45) is 5.92 Å². The van der Waals surface area contributed by atoms with Gasteiger partial charge in [-0.05, 0) is 64.6 Å². The summed E-state index contributed by atoms with van der Waals surface area (Å²) in [6.07, 6.45) is 0. The van der Waals surface area contributed by atoms with Crippen molar-refractivity contribution >= 4 is 16.0 Å². The second-order valence-corrected chi connectivity index (χ2v) is 11.2. The predicted molar refractivity (Wildman–Crippen MR) is 150 cm³/mol. The topological polar surface area (TPSA) is 102 Å². The largest absolute Gasteiger partial charge is 0.489 e. The molecular weight excluding hydrogens is 514 g/mol. The third-order valence-electron chi connectivity index (χ3n) is 6.14. The van der Waals surface area contributed by atoms with Gasteiger partial charge < -0.3 is 14.6 Å². The summed E-state index contributed by atoms with van der Waals surface area (Å²) in [6.45, 7) is 4.22. The quantitative estimate of drug-likeness (QED) is 0.230. The summed E-state index contributed by atoms with van der Waals surface area (Å²) in [7, 11) is -3.97. The first-order valence-corrected chi connectivity index (χ1v) is 14.0. The van der Waals surface area contributed by atoms with Crippen LogP contribution in [0.25, 0.3) is 11.1 Å². The lowest BCUT2D eigenvalue weighted by Crippen LogP contribution is -2.44. The maximum absolute atomic E-state index is 12.6. The monoisotopic (exact) mass is 545 g/mol. The van der Waals surface area contributed by atoms with Crippen LogP contribution in [0.4, 0.5) is 0 Å². The third-order valence-corrected chi connectivity index (χ3v) is 7.60. The Morgan fingerprint density at radius 2 is 1.18 bits per heavy atom. The van der Waals surface area contributed by atoms with E-state index in [0.717, 1.165) is 28.0 Å². The van der Waals surface area contributed by atoms with E-state index >= 15 is 0 Å². The van der Waals surface area contributed by atoms with Crippen LogP contribution in [-0.4, -0.2) is 25.5 Å². The molecule has 0 spiro atoms. The average Bonchev–Trinajstić information content (AvgIpc) is 2.95. The van der Waals surface area contributed by atoms with Gasteiger partial charge in [0.2, 0.25) is 10.0 Å². The minimum Gasteiger partial charge on any atom is -0.489 e. The highest BCUT2D eigenvalue weighted by atomic mass is 32.2. The van der Waals surface area contributed by atoms with Gasteiger partial charge in [0.15, 0.2) is 0 Å². The molecule has 202 valence electrons. The van der Waals surface area contributed by atoms with Gasteiger partial charge in [0, 0.05) is 0 Å². The molecule has 0 aliphatic rings. The molecule has 0 fully saturated rings. The number of carbonyl (C=O) groups is 1. The Balaban J connectivity index is 1.32. The van der Waals surface area contributed by atoms with Crippen LogP contribution < -0.4 is 14.2 Å². The average molecular weight is 546 g/mol. The summed E-state index contributed by atoms with van der Waals surface area (Å²) < 4.78 is 39.3. The fourth-order valence-corrected chi connectivity index (χ4v) is 5.20. The van der Waals surface area contributed by atoms with E-state index in [1.807, 2.05) is 78.9 Å². The van der Waals surface area contributed by atoms with Crippen molar-refractivity contribution in [3.8, 4) is 22.6 Å². The number of sulfonamides is 1. The van der Waals surface area contributed by atoms with Crippen molar-refractivity contribution in [1.29, 1.82) is 0 Å². The molecule has 8 heteroatoms. The molecule has 4 aromatic rings. The maximum Gasteiger partial charge on any atom is 0.322 e. The molecule has 0 amide bonds. The minimum absolute atomic E-state index is 0.00888. The van der Waals surface area contributed by atoms with E-state index in [9.17, 15) is 18.3 Å². The van der Waals surface area contributed by atoms with E-state index in [2.05, 4.69) is 4.72 Å². The Morgan fingerprint density at radius 3 is 1.67 bits per heavy atom. The second kappa shape index (κ2) is 12.6. The van der Waals surface area contributed by atoms with Crippen molar-refractivity contribution in [2.45, 2.75) is 38.0 Å². The smallest absolute Gasteiger partial charge is 0.322 e. The van der Waals surface area contributed by atoms with Gasteiger partial charge in [0.05, 0.1) is 4.90 Å². The normalized spacial score (nSPS) is 12.2. The van der Waals surface area contributed by atoms with E-state index < -0.39 is 28.0 Å². The molecular formula is C31H31NO6S. The van der Waals surface area contributed by atoms with Crippen molar-refractivity contribution in [3.63, 3.8) is 0 Å². The zero-order valence-corrected chi connectivity index (χ0v) is 22.6. The van der Waals surface area contributed by atoms with Crippen molar-refractivity contribution < 1.29 is 27.8 Å². The molecule has 7 nitrogen and oxygen atoms in total. The molecule has 0 aromatic heterocycles. The van der Waals surface area contributed by atoms with Crippen LogP contribution in [-0.2, 0) is 28.0 Å². The predicted octanol–water partition coefficient (Wildman–Crippen LogP) is 5.90.